The summed E-state index contributed by atoms with van der Waals surface area (Å²) in [4.78, 5) is 2.41. The van der Waals surface area contributed by atoms with E-state index in [9.17, 15) is 5.11 Å². The van der Waals surface area contributed by atoms with Gasteiger partial charge in [0.05, 0.1) is 11.3 Å². The van der Waals surface area contributed by atoms with Crippen molar-refractivity contribution in [2.45, 2.75) is 38.8 Å². The summed E-state index contributed by atoms with van der Waals surface area (Å²) in [5.74, 6) is 0. The minimum Gasteiger partial charge on any atom is -0.385 e. The maximum atomic E-state index is 10.9. The van der Waals surface area contributed by atoms with Crippen LogP contribution in [0.15, 0.2) is 30.5 Å². The van der Waals surface area contributed by atoms with Crippen LogP contribution in [0.2, 0.25) is 0 Å². The molecule has 1 aliphatic rings. The smallest absolute Gasteiger partial charge is 0.0920 e. The largest absolute Gasteiger partial charge is 0.385 e. The van der Waals surface area contributed by atoms with Crippen molar-refractivity contribution in [2.24, 2.45) is 7.05 Å². The Morgan fingerprint density at radius 3 is 2.32 bits per heavy atom. The summed E-state index contributed by atoms with van der Waals surface area (Å²) in [5, 5.41) is 15.3. The molecule has 2 heterocycles. The Morgan fingerprint density at radius 1 is 1.14 bits per heavy atom. The quantitative estimate of drug-likeness (QED) is 0.947. The van der Waals surface area contributed by atoms with Gasteiger partial charge in [-0.1, -0.05) is 29.8 Å². The minimum absolute atomic E-state index is 0.672. The average molecular weight is 299 g/mol. The fraction of sp³-hybridized carbons (Fsp3) is 0.500. The van der Waals surface area contributed by atoms with E-state index >= 15 is 0 Å². The van der Waals surface area contributed by atoms with E-state index in [4.69, 9.17) is 0 Å². The first kappa shape index (κ1) is 15.3. The number of rotatable bonds is 3. The monoisotopic (exact) mass is 299 g/mol. The molecule has 0 atom stereocenters. The molecule has 1 aromatic heterocycles. The first-order chi connectivity index (χ1) is 10.5. The predicted octanol–water partition coefficient (Wildman–Crippen LogP) is 2.52. The first-order valence-electron chi connectivity index (χ1n) is 7.97. The summed E-state index contributed by atoms with van der Waals surface area (Å²) in [6.45, 7) is 6.88. The second-order valence-electron chi connectivity index (χ2n) is 6.59. The topological polar surface area (TPSA) is 41.3 Å². The average Bonchev–Trinajstić information content (AvgIpc) is 2.80. The molecule has 3 rings (SSSR count). The summed E-state index contributed by atoms with van der Waals surface area (Å²) in [6.07, 6.45) is 3.67. The van der Waals surface area contributed by atoms with Gasteiger partial charge in [0.1, 0.15) is 0 Å². The van der Waals surface area contributed by atoms with Gasteiger partial charge in [-0.25, -0.2) is 0 Å². The number of aromatic nitrogens is 2. The highest BCUT2D eigenvalue weighted by Crippen LogP contribution is 2.33. The van der Waals surface area contributed by atoms with E-state index < -0.39 is 5.60 Å². The zero-order valence-corrected chi connectivity index (χ0v) is 13.7. The lowest BCUT2D eigenvalue weighted by Crippen LogP contribution is -2.42. The standard InChI is InChI=1S/C18H25N3O/c1-14-4-6-17(7-5-14)18(22)8-10-21(11-9-18)13-16-12-20(3)19-15(16)2/h4-7,12,22H,8-11,13H2,1-3H3. The van der Waals surface area contributed by atoms with Crippen LogP contribution in [0.1, 0.15) is 35.2 Å². The summed E-state index contributed by atoms with van der Waals surface area (Å²) < 4.78 is 1.87. The Labute approximate surface area is 132 Å². The van der Waals surface area contributed by atoms with Gasteiger partial charge in [-0.15, -0.1) is 0 Å². The van der Waals surface area contributed by atoms with Crippen LogP contribution in [-0.4, -0.2) is 32.9 Å². The van der Waals surface area contributed by atoms with Crippen LogP contribution in [0.5, 0.6) is 0 Å². The number of hydrogen-bond donors (Lipinski definition) is 1. The highest BCUT2D eigenvalue weighted by Gasteiger charge is 2.33. The maximum absolute atomic E-state index is 10.9. The molecule has 118 valence electrons. The lowest BCUT2D eigenvalue weighted by molar-refractivity contribution is -0.0277. The van der Waals surface area contributed by atoms with Gasteiger partial charge in [0.2, 0.25) is 0 Å². The van der Waals surface area contributed by atoms with E-state index in [1.54, 1.807) is 0 Å². The molecule has 0 aliphatic carbocycles. The fourth-order valence-electron chi connectivity index (χ4n) is 3.28. The van der Waals surface area contributed by atoms with Crippen molar-refractivity contribution in [3.8, 4) is 0 Å². The van der Waals surface area contributed by atoms with Crippen molar-refractivity contribution >= 4 is 0 Å². The van der Waals surface area contributed by atoms with E-state index in [0.29, 0.717) is 0 Å². The maximum Gasteiger partial charge on any atom is 0.0920 e. The van der Waals surface area contributed by atoms with Gasteiger partial charge >= 0.3 is 0 Å². The van der Waals surface area contributed by atoms with Gasteiger partial charge in [-0.2, -0.15) is 5.10 Å². The van der Waals surface area contributed by atoms with Gasteiger partial charge in [0.25, 0.3) is 0 Å². The highest BCUT2D eigenvalue weighted by atomic mass is 16.3. The van der Waals surface area contributed by atoms with Gasteiger partial charge < -0.3 is 5.11 Å². The molecule has 1 fully saturated rings. The molecule has 0 amide bonds. The van der Waals surface area contributed by atoms with E-state index in [1.165, 1.54) is 11.1 Å². The van der Waals surface area contributed by atoms with Crippen molar-refractivity contribution in [2.75, 3.05) is 13.1 Å². The van der Waals surface area contributed by atoms with Gasteiger partial charge in [0.15, 0.2) is 0 Å². The molecule has 1 aromatic carbocycles. The van der Waals surface area contributed by atoms with Gasteiger partial charge in [-0.05, 0) is 32.3 Å². The molecular weight excluding hydrogens is 274 g/mol. The Bertz CT molecular complexity index is 637. The second-order valence-corrected chi connectivity index (χ2v) is 6.59. The highest BCUT2D eigenvalue weighted by molar-refractivity contribution is 5.27. The van der Waals surface area contributed by atoms with Crippen LogP contribution in [0.4, 0.5) is 0 Å². The van der Waals surface area contributed by atoms with E-state index in [2.05, 4.69) is 54.3 Å². The molecule has 22 heavy (non-hydrogen) atoms. The zero-order chi connectivity index (χ0) is 15.7. The van der Waals surface area contributed by atoms with Crippen LogP contribution in [0, 0.1) is 13.8 Å². The first-order valence-corrected chi connectivity index (χ1v) is 7.97. The normalized spacial score (nSPS) is 18.5. The third-order valence-corrected chi connectivity index (χ3v) is 4.78. The van der Waals surface area contributed by atoms with Crippen molar-refractivity contribution in [3.05, 3.63) is 52.8 Å². The van der Waals surface area contributed by atoms with Crippen LogP contribution in [0.25, 0.3) is 0 Å². The summed E-state index contributed by atoms with van der Waals surface area (Å²) in [6, 6.07) is 8.30. The third-order valence-electron chi connectivity index (χ3n) is 4.78. The third kappa shape index (κ3) is 3.08. The summed E-state index contributed by atoms with van der Waals surface area (Å²) in [7, 11) is 1.96. The molecular formula is C18H25N3O. The molecule has 1 N–H and O–H groups in total. The van der Waals surface area contributed by atoms with E-state index in [-0.39, 0.29) is 0 Å². The molecule has 4 heteroatoms. The molecule has 1 aliphatic heterocycles. The Kier molecular flexibility index (Phi) is 4.06. The Morgan fingerprint density at radius 2 is 1.77 bits per heavy atom. The number of likely N-dealkylation sites (tertiary alicyclic amines) is 1. The number of aliphatic hydroxyl groups is 1. The van der Waals surface area contributed by atoms with Gasteiger partial charge in [0, 0.05) is 38.4 Å². The molecule has 0 radical (unpaired) electrons. The zero-order valence-electron chi connectivity index (χ0n) is 13.7. The van der Waals surface area contributed by atoms with Crippen molar-refractivity contribution in [1.29, 1.82) is 0 Å². The molecule has 0 unspecified atom stereocenters. The van der Waals surface area contributed by atoms with Crippen molar-refractivity contribution < 1.29 is 5.11 Å². The van der Waals surface area contributed by atoms with Crippen molar-refractivity contribution in [1.82, 2.24) is 14.7 Å². The molecule has 0 spiro atoms. The number of hydrogen-bond acceptors (Lipinski definition) is 3. The second kappa shape index (κ2) is 5.86. The van der Waals surface area contributed by atoms with E-state index in [0.717, 1.165) is 43.7 Å². The number of piperidine rings is 1. The van der Waals surface area contributed by atoms with Crippen LogP contribution < -0.4 is 0 Å². The molecule has 2 aromatic rings. The Hall–Kier alpha value is -1.65. The lowest BCUT2D eigenvalue weighted by Gasteiger charge is -2.38. The summed E-state index contributed by atoms with van der Waals surface area (Å²) in [5.41, 5.74) is 3.99. The number of nitrogens with zero attached hydrogens (tertiary/aromatic N) is 3. The fourth-order valence-corrected chi connectivity index (χ4v) is 3.28. The van der Waals surface area contributed by atoms with Crippen LogP contribution in [-0.2, 0) is 19.2 Å². The van der Waals surface area contributed by atoms with Crippen LogP contribution >= 0.6 is 0 Å². The van der Waals surface area contributed by atoms with Crippen LogP contribution in [0.3, 0.4) is 0 Å². The van der Waals surface area contributed by atoms with Crippen molar-refractivity contribution in [3.63, 3.8) is 0 Å². The number of aryl methyl sites for hydroxylation is 3. The number of benzene rings is 1. The van der Waals surface area contributed by atoms with Gasteiger partial charge in [-0.3, -0.25) is 9.58 Å². The predicted molar refractivity (Wildman–Crippen MR) is 87.5 cm³/mol. The minimum atomic E-state index is -0.672. The molecule has 4 nitrogen and oxygen atoms in total. The Balaban J connectivity index is 1.64. The lowest BCUT2D eigenvalue weighted by atomic mass is 9.84. The molecule has 0 saturated carbocycles. The molecule has 1 saturated heterocycles. The van der Waals surface area contributed by atoms with E-state index in [1.807, 2.05) is 11.7 Å². The SMILES string of the molecule is Cc1ccc(C2(O)CCN(Cc3cn(C)nc3C)CC2)cc1. The molecule has 0 bridgehead atoms. The summed E-state index contributed by atoms with van der Waals surface area (Å²) >= 11 is 0.